The summed E-state index contributed by atoms with van der Waals surface area (Å²) in [5, 5.41) is 0.909. The molecule has 0 aliphatic rings. The van der Waals surface area contributed by atoms with Crippen molar-refractivity contribution in [2.75, 3.05) is 0 Å². The van der Waals surface area contributed by atoms with Crippen molar-refractivity contribution in [2.45, 2.75) is 18.2 Å². The molecule has 3 nitrogen and oxygen atoms in total. The molecule has 0 atom stereocenters. The Bertz CT molecular complexity index is 890. The number of aryl methyl sites for hydroxylation is 1. The van der Waals surface area contributed by atoms with Crippen LogP contribution >= 0.6 is 0 Å². The molecule has 0 fully saturated rings. The summed E-state index contributed by atoms with van der Waals surface area (Å²) in [5.41, 5.74) is 2.41. The van der Waals surface area contributed by atoms with Gasteiger partial charge in [-0.3, -0.25) is 0 Å². The fourth-order valence-corrected chi connectivity index (χ4v) is 4.03. The summed E-state index contributed by atoms with van der Waals surface area (Å²) in [6.07, 6.45) is 0.416. The van der Waals surface area contributed by atoms with Gasteiger partial charge < -0.3 is 0 Å². The van der Waals surface area contributed by atoms with E-state index in [4.69, 9.17) is 0 Å². The van der Waals surface area contributed by atoms with Crippen LogP contribution in [0.25, 0.3) is 10.9 Å². The van der Waals surface area contributed by atoms with E-state index in [0.717, 1.165) is 10.9 Å². The maximum absolute atomic E-state index is 12.9. The molecule has 0 spiro atoms. The molecule has 0 unspecified atom stereocenters. The van der Waals surface area contributed by atoms with Gasteiger partial charge in [-0.25, -0.2) is 12.4 Å². The molecule has 0 saturated carbocycles. The zero-order chi connectivity index (χ0) is 15.0. The van der Waals surface area contributed by atoms with Crippen molar-refractivity contribution in [2.24, 2.45) is 0 Å². The van der Waals surface area contributed by atoms with E-state index in [2.05, 4.69) is 6.92 Å². The number of hydrogen-bond donors (Lipinski definition) is 0. The monoisotopic (exact) mass is 298 g/mol. The molecule has 1 aromatic heterocycles. The molecule has 4 heteroatoms. The van der Waals surface area contributed by atoms with Gasteiger partial charge >= 0.3 is 0 Å². The van der Waals surface area contributed by atoms with Gasteiger partial charge in [0.1, 0.15) is 0 Å². The van der Waals surface area contributed by atoms with Crippen LogP contribution in [0.3, 0.4) is 0 Å². The van der Waals surface area contributed by atoms with Crippen LogP contribution in [0.2, 0.25) is 0 Å². The average molecular weight is 298 g/mol. The average Bonchev–Trinajstić information content (AvgIpc) is 2.87. The van der Waals surface area contributed by atoms with Gasteiger partial charge in [0.25, 0.3) is 10.0 Å². The van der Waals surface area contributed by atoms with Gasteiger partial charge in [0.2, 0.25) is 0 Å². The topological polar surface area (TPSA) is 39.1 Å². The number of hydrogen-bond acceptors (Lipinski definition) is 2. The van der Waals surface area contributed by atoms with Crippen molar-refractivity contribution in [3.8, 4) is 0 Å². The Hall–Kier alpha value is -2.07. The number of para-hydroxylation sites is 1. The Morgan fingerprint density at radius 2 is 1.71 bits per heavy atom. The number of nitrogens with zero attached hydrogens (tertiary/aromatic N) is 1. The Morgan fingerprint density at radius 1 is 1.05 bits per heavy atom. The molecular formula is C17H16NO2S. The van der Waals surface area contributed by atoms with E-state index >= 15 is 0 Å². The molecule has 0 saturated heterocycles. The minimum absolute atomic E-state index is 0.296. The highest BCUT2D eigenvalue weighted by molar-refractivity contribution is 7.90. The molecule has 1 heterocycles. The number of fused-ring (bicyclic) bond motifs is 1. The Kier molecular flexibility index (Phi) is 3.33. The second-order valence-electron chi connectivity index (χ2n) is 5.03. The highest BCUT2D eigenvalue weighted by Gasteiger charge is 2.21. The summed E-state index contributed by atoms with van der Waals surface area (Å²) in [7, 11) is -3.61. The smallest absolute Gasteiger partial charge is 0.238 e. The van der Waals surface area contributed by atoms with E-state index in [1.807, 2.05) is 49.4 Å². The van der Waals surface area contributed by atoms with E-state index in [0.29, 0.717) is 22.5 Å². The van der Waals surface area contributed by atoms with E-state index in [-0.39, 0.29) is 0 Å². The van der Waals surface area contributed by atoms with E-state index in [1.165, 1.54) is 3.97 Å². The molecule has 0 N–H and O–H groups in total. The molecule has 1 radical (unpaired) electrons. The SMILES string of the molecule is [CH2]Cc1cc2ccccc2n1S(=O)(=O)c1ccc(C)cc1. The molecule has 3 rings (SSSR count). The standard InChI is InChI=1S/C17H16NO2S/c1-3-15-12-14-6-4-5-7-17(14)18(15)21(19,20)16-10-8-13(2)9-11-16/h4-12H,1,3H2,2H3. The predicted octanol–water partition coefficient (Wildman–Crippen LogP) is 3.56. The van der Waals surface area contributed by atoms with Crippen LogP contribution in [0.1, 0.15) is 11.3 Å². The van der Waals surface area contributed by atoms with E-state index in [1.54, 1.807) is 12.1 Å². The minimum Gasteiger partial charge on any atom is -0.238 e. The van der Waals surface area contributed by atoms with Crippen molar-refractivity contribution in [3.05, 3.63) is 72.8 Å². The molecule has 2 aromatic carbocycles. The van der Waals surface area contributed by atoms with Gasteiger partial charge in [0.05, 0.1) is 10.4 Å². The highest BCUT2D eigenvalue weighted by atomic mass is 32.2. The fourth-order valence-electron chi connectivity index (χ4n) is 2.46. The van der Waals surface area contributed by atoms with Crippen molar-refractivity contribution in [1.29, 1.82) is 0 Å². The van der Waals surface area contributed by atoms with Gasteiger partial charge in [-0.05, 0) is 44.5 Å². The third kappa shape index (κ3) is 2.25. The molecule has 0 aliphatic carbocycles. The highest BCUT2D eigenvalue weighted by Crippen LogP contribution is 2.26. The zero-order valence-corrected chi connectivity index (χ0v) is 12.6. The fraction of sp³-hybridized carbons (Fsp3) is 0.118. The third-order valence-electron chi connectivity index (χ3n) is 3.55. The summed E-state index contributed by atoms with van der Waals surface area (Å²) in [5.74, 6) is 0. The lowest BCUT2D eigenvalue weighted by molar-refractivity contribution is 0.587. The van der Waals surface area contributed by atoms with Gasteiger partial charge in [-0.15, -0.1) is 0 Å². The lowest BCUT2D eigenvalue weighted by atomic mass is 10.2. The predicted molar refractivity (Wildman–Crippen MR) is 84.8 cm³/mol. The summed E-state index contributed by atoms with van der Waals surface area (Å²) in [4.78, 5) is 0.296. The Labute approximate surface area is 124 Å². The largest absolute Gasteiger partial charge is 0.268 e. The van der Waals surface area contributed by atoms with Crippen LogP contribution in [-0.2, 0) is 16.4 Å². The molecule has 107 valence electrons. The first-order valence-electron chi connectivity index (χ1n) is 6.75. The molecule has 3 aromatic rings. The van der Waals surface area contributed by atoms with Gasteiger partial charge in [0, 0.05) is 11.1 Å². The van der Waals surface area contributed by atoms with E-state index < -0.39 is 10.0 Å². The van der Waals surface area contributed by atoms with Crippen molar-refractivity contribution in [1.82, 2.24) is 3.97 Å². The number of aromatic nitrogens is 1. The second kappa shape index (κ2) is 5.04. The first-order valence-corrected chi connectivity index (χ1v) is 8.19. The Morgan fingerprint density at radius 3 is 2.38 bits per heavy atom. The Balaban J connectivity index is 2.30. The van der Waals surface area contributed by atoms with Crippen LogP contribution in [-0.4, -0.2) is 12.4 Å². The van der Waals surface area contributed by atoms with Crippen LogP contribution in [0, 0.1) is 13.8 Å². The van der Waals surface area contributed by atoms with Crippen molar-refractivity contribution >= 4 is 20.9 Å². The summed E-state index contributed by atoms with van der Waals surface area (Å²) in [6.45, 7) is 5.78. The number of benzene rings is 2. The van der Waals surface area contributed by atoms with Crippen LogP contribution < -0.4 is 0 Å². The lowest BCUT2D eigenvalue weighted by Gasteiger charge is -2.11. The normalized spacial score (nSPS) is 11.9. The van der Waals surface area contributed by atoms with Crippen molar-refractivity contribution in [3.63, 3.8) is 0 Å². The maximum Gasteiger partial charge on any atom is 0.268 e. The van der Waals surface area contributed by atoms with Crippen molar-refractivity contribution < 1.29 is 8.42 Å². The molecule has 0 aliphatic heterocycles. The molecular weight excluding hydrogens is 282 g/mol. The summed E-state index contributed by atoms with van der Waals surface area (Å²) < 4.78 is 27.3. The zero-order valence-electron chi connectivity index (χ0n) is 11.8. The molecule has 21 heavy (non-hydrogen) atoms. The third-order valence-corrected chi connectivity index (χ3v) is 5.33. The molecule has 0 bridgehead atoms. The van der Waals surface area contributed by atoms with E-state index in [9.17, 15) is 8.42 Å². The second-order valence-corrected chi connectivity index (χ2v) is 6.81. The first-order chi connectivity index (χ1) is 10.0. The summed E-state index contributed by atoms with van der Waals surface area (Å²) >= 11 is 0. The van der Waals surface area contributed by atoms with Crippen LogP contribution in [0.4, 0.5) is 0 Å². The van der Waals surface area contributed by atoms with Gasteiger partial charge in [-0.2, -0.15) is 0 Å². The summed E-state index contributed by atoms with van der Waals surface area (Å²) in [6, 6.07) is 16.3. The minimum atomic E-state index is -3.61. The number of rotatable bonds is 3. The maximum atomic E-state index is 12.9. The molecule has 0 amide bonds. The van der Waals surface area contributed by atoms with Crippen LogP contribution in [0.5, 0.6) is 0 Å². The van der Waals surface area contributed by atoms with Crippen LogP contribution in [0.15, 0.2) is 59.5 Å². The first kappa shape index (κ1) is 13.9. The lowest BCUT2D eigenvalue weighted by Crippen LogP contribution is -2.15. The van der Waals surface area contributed by atoms with Gasteiger partial charge in [-0.1, -0.05) is 35.9 Å². The quantitative estimate of drug-likeness (QED) is 0.741. The van der Waals surface area contributed by atoms with Gasteiger partial charge in [0.15, 0.2) is 0 Å².